The molecule has 1 spiro atoms. The molecule has 2 aliphatic carbocycles. The van der Waals surface area contributed by atoms with Crippen molar-refractivity contribution in [1.29, 1.82) is 0 Å². The van der Waals surface area contributed by atoms with Crippen molar-refractivity contribution in [1.82, 2.24) is 0 Å². The van der Waals surface area contributed by atoms with Gasteiger partial charge in [-0.1, -0.05) is 176 Å². The van der Waals surface area contributed by atoms with Gasteiger partial charge in [0, 0.05) is 42.2 Å². The number of anilines is 3. The molecule has 3 heteroatoms. The minimum atomic E-state index is -0.667. The molecule has 2 nitrogen and oxygen atoms in total. The Kier molecular flexibility index (Phi) is 7.51. The number of hydrogen-bond acceptors (Lipinski definition) is 3. The number of furan rings is 1. The van der Waals surface area contributed by atoms with E-state index in [1.807, 2.05) is 11.3 Å². The smallest absolute Gasteiger partial charge is 0.159 e. The molecule has 0 amide bonds. The lowest BCUT2D eigenvalue weighted by Crippen LogP contribution is -2.29. The van der Waals surface area contributed by atoms with E-state index in [-0.39, 0.29) is 0 Å². The van der Waals surface area contributed by atoms with Crippen LogP contribution in [-0.2, 0) is 5.41 Å². The molecule has 64 heavy (non-hydrogen) atoms. The maximum absolute atomic E-state index is 6.89. The lowest BCUT2D eigenvalue weighted by atomic mass is 9.65. The monoisotopic (exact) mass is 831 g/mol. The summed E-state index contributed by atoms with van der Waals surface area (Å²) < 4.78 is 9.52. The third-order valence-electron chi connectivity index (χ3n) is 13.9. The number of benzene rings is 10. The summed E-state index contributed by atoms with van der Waals surface area (Å²) in [5.41, 5.74) is 19.2. The van der Waals surface area contributed by atoms with Gasteiger partial charge in [0.2, 0.25) is 0 Å². The standard InChI is InChI=1S/C61H37NOS/c1-2-17-38(18-3-1)40-19-8-13-29-55(40)62(56-30-16-26-48-46-24-9-14-31-57(46)63-60(48)56)39-33-34-45-42-21-5-4-20-41(42)43-22-6-11-27-51(43)61(53(45)35-39)52-28-12-7-23-44(52)49-37-59-50(36-54(49)61)47-25-10-15-32-58(47)64-59/h1-37H. The van der Waals surface area contributed by atoms with Gasteiger partial charge in [0.1, 0.15) is 5.58 Å². The summed E-state index contributed by atoms with van der Waals surface area (Å²) in [6.07, 6.45) is 0. The van der Waals surface area contributed by atoms with Gasteiger partial charge in [0.05, 0.1) is 16.8 Å². The van der Waals surface area contributed by atoms with Crippen molar-refractivity contribution in [2.24, 2.45) is 0 Å². The SMILES string of the molecule is c1ccc(-c2ccccc2N(c2ccc3c(c2)C2(c4ccccc4-c4ccccc4-3)c3ccccc3-c3cc4sc5ccccc5c4cc32)c2cccc3c2oc2ccccc23)cc1. The van der Waals surface area contributed by atoms with Gasteiger partial charge in [-0.2, -0.15) is 0 Å². The highest BCUT2D eigenvalue weighted by atomic mass is 32.1. The zero-order valence-electron chi connectivity index (χ0n) is 34.6. The topological polar surface area (TPSA) is 16.4 Å². The van der Waals surface area contributed by atoms with E-state index >= 15 is 0 Å². The van der Waals surface area contributed by atoms with Crippen LogP contribution in [0.15, 0.2) is 229 Å². The van der Waals surface area contributed by atoms with Gasteiger partial charge in [-0.15, -0.1) is 11.3 Å². The summed E-state index contributed by atoms with van der Waals surface area (Å²) in [6.45, 7) is 0. The molecule has 0 saturated heterocycles. The van der Waals surface area contributed by atoms with Gasteiger partial charge in [0.25, 0.3) is 0 Å². The average Bonchev–Trinajstić information content (AvgIpc) is 4.00. The second-order valence-electron chi connectivity index (χ2n) is 17.1. The largest absolute Gasteiger partial charge is 0.454 e. The highest BCUT2D eigenvalue weighted by Gasteiger charge is 2.50. The van der Waals surface area contributed by atoms with E-state index in [1.165, 1.54) is 75.8 Å². The molecule has 0 radical (unpaired) electrons. The molecule has 2 aliphatic rings. The normalized spacial score (nSPS) is 14.6. The Balaban J connectivity index is 1.14. The quantitative estimate of drug-likeness (QED) is 0.176. The Labute approximate surface area is 374 Å². The lowest BCUT2D eigenvalue weighted by Gasteiger charge is -2.36. The molecule has 2 heterocycles. The molecule has 1 atom stereocenters. The molecule has 12 aromatic rings. The molecule has 1 unspecified atom stereocenters. The number of hydrogen-bond donors (Lipinski definition) is 0. The van der Waals surface area contributed by atoms with Gasteiger partial charge in [-0.3, -0.25) is 0 Å². The Hall–Kier alpha value is -7.98. The average molecular weight is 832 g/mol. The van der Waals surface area contributed by atoms with E-state index in [0.29, 0.717) is 0 Å². The number of para-hydroxylation sites is 3. The predicted molar refractivity (Wildman–Crippen MR) is 268 cm³/mol. The van der Waals surface area contributed by atoms with E-state index in [9.17, 15) is 0 Å². The summed E-state index contributed by atoms with van der Waals surface area (Å²) in [7, 11) is 0. The Bertz CT molecular complexity index is 3870. The molecular formula is C61H37NOS. The number of thiophene rings is 1. The van der Waals surface area contributed by atoms with Crippen LogP contribution in [0, 0.1) is 0 Å². The molecule has 0 bridgehead atoms. The van der Waals surface area contributed by atoms with Gasteiger partial charge in [-0.25, -0.2) is 0 Å². The Morgan fingerprint density at radius 2 is 0.922 bits per heavy atom. The van der Waals surface area contributed by atoms with Crippen LogP contribution in [0.4, 0.5) is 17.1 Å². The summed E-state index contributed by atoms with van der Waals surface area (Å²) in [4.78, 5) is 2.45. The van der Waals surface area contributed by atoms with E-state index in [0.717, 1.165) is 50.1 Å². The summed E-state index contributed by atoms with van der Waals surface area (Å²) >= 11 is 1.89. The molecule has 2 aromatic heterocycles. The first-order valence-corrected chi connectivity index (χ1v) is 22.8. The summed E-state index contributed by atoms with van der Waals surface area (Å²) in [5, 5.41) is 4.81. The van der Waals surface area contributed by atoms with Gasteiger partial charge >= 0.3 is 0 Å². The van der Waals surface area contributed by atoms with Crippen LogP contribution in [0.25, 0.3) is 86.6 Å². The molecule has 14 rings (SSSR count). The third kappa shape index (κ3) is 4.85. The minimum absolute atomic E-state index is 0.667. The van der Waals surface area contributed by atoms with Gasteiger partial charge < -0.3 is 9.32 Å². The van der Waals surface area contributed by atoms with Gasteiger partial charge in [0.15, 0.2) is 5.58 Å². The Morgan fingerprint density at radius 1 is 0.344 bits per heavy atom. The van der Waals surface area contributed by atoms with Crippen LogP contribution in [-0.4, -0.2) is 0 Å². The van der Waals surface area contributed by atoms with Crippen LogP contribution in [0.5, 0.6) is 0 Å². The maximum atomic E-state index is 6.89. The Morgan fingerprint density at radius 3 is 1.72 bits per heavy atom. The maximum Gasteiger partial charge on any atom is 0.159 e. The lowest BCUT2D eigenvalue weighted by molar-refractivity contribution is 0.669. The summed E-state index contributed by atoms with van der Waals surface area (Å²) in [5.74, 6) is 0. The molecule has 298 valence electrons. The zero-order valence-corrected chi connectivity index (χ0v) is 35.4. The number of rotatable bonds is 4. The fraction of sp³-hybridized carbons (Fsp3) is 0.0164. The highest BCUT2D eigenvalue weighted by Crippen LogP contribution is 2.63. The molecule has 10 aromatic carbocycles. The summed E-state index contributed by atoms with van der Waals surface area (Å²) in [6, 6.07) is 83.1. The van der Waals surface area contributed by atoms with E-state index in [1.54, 1.807) is 0 Å². The first-order chi connectivity index (χ1) is 31.8. The van der Waals surface area contributed by atoms with Crippen molar-refractivity contribution in [2.75, 3.05) is 4.90 Å². The van der Waals surface area contributed by atoms with Crippen LogP contribution in [0.1, 0.15) is 22.3 Å². The fourth-order valence-electron chi connectivity index (χ4n) is 11.3. The zero-order chi connectivity index (χ0) is 41.9. The second-order valence-corrected chi connectivity index (χ2v) is 18.2. The highest BCUT2D eigenvalue weighted by molar-refractivity contribution is 7.25. The van der Waals surface area contributed by atoms with Crippen LogP contribution in [0.3, 0.4) is 0 Å². The van der Waals surface area contributed by atoms with Crippen molar-refractivity contribution in [3.63, 3.8) is 0 Å². The minimum Gasteiger partial charge on any atom is -0.454 e. The molecular weight excluding hydrogens is 795 g/mol. The first kappa shape index (κ1) is 35.6. The van der Waals surface area contributed by atoms with Crippen molar-refractivity contribution in [3.05, 3.63) is 247 Å². The van der Waals surface area contributed by atoms with Crippen molar-refractivity contribution in [3.8, 4) is 44.5 Å². The third-order valence-corrected chi connectivity index (χ3v) is 15.0. The predicted octanol–water partition coefficient (Wildman–Crippen LogP) is 17.1. The fourth-order valence-corrected chi connectivity index (χ4v) is 12.4. The molecule has 0 fully saturated rings. The number of fused-ring (bicyclic) bond motifs is 18. The van der Waals surface area contributed by atoms with E-state index < -0.39 is 5.41 Å². The number of nitrogens with zero attached hydrogens (tertiary/aromatic N) is 1. The van der Waals surface area contributed by atoms with E-state index in [4.69, 9.17) is 4.42 Å². The first-order valence-electron chi connectivity index (χ1n) is 22.0. The van der Waals surface area contributed by atoms with Crippen molar-refractivity contribution in [2.45, 2.75) is 5.41 Å². The van der Waals surface area contributed by atoms with Crippen LogP contribution < -0.4 is 4.90 Å². The van der Waals surface area contributed by atoms with Crippen LogP contribution >= 0.6 is 11.3 Å². The molecule has 0 saturated carbocycles. The van der Waals surface area contributed by atoms with Crippen LogP contribution in [0.2, 0.25) is 0 Å². The molecule has 0 N–H and O–H groups in total. The van der Waals surface area contributed by atoms with Crippen molar-refractivity contribution >= 4 is 70.5 Å². The van der Waals surface area contributed by atoms with Crippen molar-refractivity contribution < 1.29 is 4.42 Å². The van der Waals surface area contributed by atoms with Gasteiger partial charge in [-0.05, 0) is 110 Å². The second kappa shape index (κ2) is 13.5. The van der Waals surface area contributed by atoms with E-state index in [2.05, 4.69) is 229 Å². The molecule has 0 aliphatic heterocycles.